The average Bonchev–Trinajstić information content (AvgIpc) is 3.17. The van der Waals surface area contributed by atoms with Gasteiger partial charge in [0.25, 0.3) is 0 Å². The maximum atomic E-state index is 13.3. The number of rotatable bonds is 9. The van der Waals surface area contributed by atoms with Gasteiger partial charge in [0.05, 0.1) is 20.3 Å². The zero-order chi connectivity index (χ0) is 23.3. The number of carbonyl (C=O) groups excluding carboxylic acids is 1. The number of benzene rings is 2. The standard InChI is InChI=1S/C28H36N2O4/c1-32-25-18-21(33-15-11-19-7-2-4-13-29-19)17-23-27(25)26-22(28(23)31)9-6-10-24(26)34-16-12-20-8-3-5-14-30-20/h6,9-10,17-20,29-30H,2-5,7-8,11-16H2,1H3. The van der Waals surface area contributed by atoms with Crippen LogP contribution in [-0.2, 0) is 0 Å². The lowest BCUT2D eigenvalue weighted by Gasteiger charge is -2.23. The Morgan fingerprint density at radius 2 is 1.50 bits per heavy atom. The van der Waals surface area contributed by atoms with Crippen molar-refractivity contribution in [1.29, 1.82) is 0 Å². The van der Waals surface area contributed by atoms with Gasteiger partial charge < -0.3 is 24.8 Å². The molecule has 182 valence electrons. The third-order valence-corrected chi connectivity index (χ3v) is 7.34. The molecule has 2 unspecified atom stereocenters. The summed E-state index contributed by atoms with van der Waals surface area (Å²) >= 11 is 0. The highest BCUT2D eigenvalue weighted by molar-refractivity contribution is 6.23. The topological polar surface area (TPSA) is 68.8 Å². The molecule has 0 radical (unpaired) electrons. The van der Waals surface area contributed by atoms with Crippen LogP contribution in [-0.4, -0.2) is 51.3 Å². The van der Waals surface area contributed by atoms with Crippen molar-refractivity contribution in [2.45, 2.75) is 63.5 Å². The van der Waals surface area contributed by atoms with Crippen LogP contribution in [0.3, 0.4) is 0 Å². The van der Waals surface area contributed by atoms with E-state index in [4.69, 9.17) is 14.2 Å². The molecule has 2 aromatic carbocycles. The van der Waals surface area contributed by atoms with Gasteiger partial charge in [0, 0.05) is 40.4 Å². The van der Waals surface area contributed by atoms with Gasteiger partial charge in [0.2, 0.25) is 0 Å². The van der Waals surface area contributed by atoms with E-state index >= 15 is 0 Å². The molecule has 2 N–H and O–H groups in total. The number of ketones is 1. The molecule has 5 rings (SSSR count). The number of nitrogens with one attached hydrogen (secondary N) is 2. The first-order chi connectivity index (χ1) is 16.7. The minimum atomic E-state index is 0.00194. The number of carbonyl (C=O) groups is 1. The predicted octanol–water partition coefficient (Wildman–Crippen LogP) is 4.73. The fraction of sp³-hybridized carbons (Fsp3) is 0.536. The summed E-state index contributed by atoms with van der Waals surface area (Å²) in [5.41, 5.74) is 2.96. The number of hydrogen-bond acceptors (Lipinski definition) is 6. The minimum Gasteiger partial charge on any atom is -0.496 e. The van der Waals surface area contributed by atoms with E-state index in [9.17, 15) is 4.79 Å². The number of methoxy groups -OCH3 is 1. The van der Waals surface area contributed by atoms with E-state index in [1.54, 1.807) is 7.11 Å². The van der Waals surface area contributed by atoms with Gasteiger partial charge in [-0.1, -0.05) is 25.0 Å². The summed E-state index contributed by atoms with van der Waals surface area (Å²) in [4.78, 5) is 13.3. The largest absolute Gasteiger partial charge is 0.496 e. The Labute approximate surface area is 202 Å². The van der Waals surface area contributed by atoms with Crippen molar-refractivity contribution in [2.24, 2.45) is 0 Å². The second-order valence-electron chi connectivity index (χ2n) is 9.62. The molecule has 2 aromatic rings. The summed E-state index contributed by atoms with van der Waals surface area (Å²) in [6.07, 6.45) is 9.38. The molecule has 0 saturated carbocycles. The van der Waals surface area contributed by atoms with Crippen LogP contribution in [0.25, 0.3) is 11.1 Å². The van der Waals surface area contributed by atoms with E-state index in [1.165, 1.54) is 38.5 Å². The van der Waals surface area contributed by atoms with E-state index in [-0.39, 0.29) is 5.78 Å². The van der Waals surface area contributed by atoms with Gasteiger partial charge in [-0.25, -0.2) is 0 Å². The van der Waals surface area contributed by atoms with Gasteiger partial charge in [-0.15, -0.1) is 0 Å². The maximum Gasteiger partial charge on any atom is 0.194 e. The minimum absolute atomic E-state index is 0.00194. The van der Waals surface area contributed by atoms with Crippen LogP contribution >= 0.6 is 0 Å². The molecule has 0 spiro atoms. The van der Waals surface area contributed by atoms with Gasteiger partial charge in [-0.05, 0) is 63.7 Å². The molecule has 0 bridgehead atoms. The van der Waals surface area contributed by atoms with Crippen LogP contribution < -0.4 is 24.8 Å². The van der Waals surface area contributed by atoms with Crippen LogP contribution in [0.15, 0.2) is 30.3 Å². The Morgan fingerprint density at radius 1 is 0.824 bits per heavy atom. The quantitative estimate of drug-likeness (QED) is 0.477. The van der Waals surface area contributed by atoms with Crippen LogP contribution in [0.2, 0.25) is 0 Å². The molecule has 2 heterocycles. The Balaban J connectivity index is 1.32. The summed E-state index contributed by atoms with van der Waals surface area (Å²) in [5.74, 6) is 2.08. The maximum absolute atomic E-state index is 13.3. The van der Waals surface area contributed by atoms with Crippen LogP contribution in [0.4, 0.5) is 0 Å². The molecule has 2 saturated heterocycles. The molecule has 34 heavy (non-hydrogen) atoms. The molecule has 6 heteroatoms. The first-order valence-electron chi connectivity index (χ1n) is 12.9. The lowest BCUT2D eigenvalue weighted by Crippen LogP contribution is -2.35. The van der Waals surface area contributed by atoms with Crippen LogP contribution in [0.1, 0.15) is 67.3 Å². The summed E-state index contributed by atoms with van der Waals surface area (Å²) in [6, 6.07) is 10.5. The lowest BCUT2D eigenvalue weighted by atomic mass is 10.0. The van der Waals surface area contributed by atoms with Crippen molar-refractivity contribution in [3.05, 3.63) is 41.5 Å². The van der Waals surface area contributed by atoms with E-state index < -0.39 is 0 Å². The van der Waals surface area contributed by atoms with Crippen molar-refractivity contribution >= 4 is 5.78 Å². The molecule has 2 aliphatic heterocycles. The van der Waals surface area contributed by atoms with Gasteiger partial charge in [-0.2, -0.15) is 0 Å². The molecule has 1 aliphatic carbocycles. The Kier molecular flexibility index (Phi) is 7.36. The van der Waals surface area contributed by atoms with Gasteiger partial charge in [0.15, 0.2) is 5.78 Å². The Morgan fingerprint density at radius 3 is 2.15 bits per heavy atom. The summed E-state index contributed by atoms with van der Waals surface area (Å²) in [7, 11) is 1.64. The smallest absolute Gasteiger partial charge is 0.194 e. The average molecular weight is 465 g/mol. The molecule has 2 atom stereocenters. The van der Waals surface area contributed by atoms with E-state index in [0.29, 0.717) is 47.9 Å². The highest BCUT2D eigenvalue weighted by Gasteiger charge is 2.33. The second-order valence-corrected chi connectivity index (χ2v) is 9.62. The number of ether oxygens (including phenoxy) is 3. The Bertz CT molecular complexity index is 1010. The Hall–Kier alpha value is -2.57. The lowest BCUT2D eigenvalue weighted by molar-refractivity contribution is 0.104. The van der Waals surface area contributed by atoms with Crippen molar-refractivity contribution in [1.82, 2.24) is 10.6 Å². The predicted molar refractivity (Wildman–Crippen MR) is 133 cm³/mol. The fourth-order valence-corrected chi connectivity index (χ4v) is 5.49. The third-order valence-electron chi connectivity index (χ3n) is 7.34. The molecule has 2 fully saturated rings. The number of fused-ring (bicyclic) bond motifs is 3. The third kappa shape index (κ3) is 4.93. The molecular formula is C28H36N2O4. The van der Waals surface area contributed by atoms with Crippen molar-refractivity contribution in [3.8, 4) is 28.4 Å². The molecule has 3 aliphatic rings. The van der Waals surface area contributed by atoms with Crippen molar-refractivity contribution in [2.75, 3.05) is 33.4 Å². The SMILES string of the molecule is COc1cc(OCCC2CCCCN2)cc2c1-c1c(OCCC3CCCCN3)cccc1C2=O. The zero-order valence-electron chi connectivity index (χ0n) is 20.2. The van der Waals surface area contributed by atoms with E-state index in [2.05, 4.69) is 10.6 Å². The van der Waals surface area contributed by atoms with Crippen molar-refractivity contribution in [3.63, 3.8) is 0 Å². The monoisotopic (exact) mass is 464 g/mol. The molecular weight excluding hydrogens is 428 g/mol. The highest BCUT2D eigenvalue weighted by atomic mass is 16.5. The van der Waals surface area contributed by atoms with Crippen molar-refractivity contribution < 1.29 is 19.0 Å². The van der Waals surface area contributed by atoms with E-state index in [1.807, 2.05) is 30.3 Å². The fourth-order valence-electron chi connectivity index (χ4n) is 5.49. The van der Waals surface area contributed by atoms with Crippen LogP contribution in [0, 0.1) is 0 Å². The molecule has 6 nitrogen and oxygen atoms in total. The normalized spacial score (nSPS) is 21.6. The summed E-state index contributed by atoms with van der Waals surface area (Å²) in [5, 5.41) is 7.13. The molecule has 0 aromatic heterocycles. The van der Waals surface area contributed by atoms with Gasteiger partial charge >= 0.3 is 0 Å². The first kappa shape index (κ1) is 23.2. The highest BCUT2D eigenvalue weighted by Crippen LogP contribution is 2.49. The summed E-state index contributed by atoms with van der Waals surface area (Å²) < 4.78 is 18.1. The number of piperidine rings is 2. The first-order valence-corrected chi connectivity index (χ1v) is 12.9. The van der Waals surface area contributed by atoms with E-state index in [0.717, 1.165) is 42.8 Å². The summed E-state index contributed by atoms with van der Waals surface area (Å²) in [6.45, 7) is 3.42. The number of hydrogen-bond donors (Lipinski definition) is 2. The van der Waals surface area contributed by atoms with Gasteiger partial charge in [-0.3, -0.25) is 4.79 Å². The van der Waals surface area contributed by atoms with Gasteiger partial charge in [0.1, 0.15) is 17.2 Å². The second kappa shape index (κ2) is 10.8. The van der Waals surface area contributed by atoms with Crippen LogP contribution in [0.5, 0.6) is 17.2 Å². The molecule has 0 amide bonds. The zero-order valence-corrected chi connectivity index (χ0v) is 20.2.